The predicted octanol–water partition coefficient (Wildman–Crippen LogP) is 3.89. The third kappa shape index (κ3) is 2.85. The minimum Gasteiger partial charge on any atom is -0.399 e. The maximum atomic E-state index is 6.77. The summed E-state index contributed by atoms with van der Waals surface area (Å²) in [4.78, 5) is 0. The topological polar surface area (TPSA) is 52.0 Å². The highest BCUT2D eigenvalue weighted by atomic mass is 14.7. The van der Waals surface area contributed by atoms with E-state index in [1.54, 1.807) is 0 Å². The van der Waals surface area contributed by atoms with Crippen molar-refractivity contribution < 1.29 is 0 Å². The molecule has 0 radical (unpaired) electrons. The van der Waals surface area contributed by atoms with Crippen LogP contribution in [0.15, 0.2) is 30.0 Å². The zero-order valence-corrected chi connectivity index (χ0v) is 14.5. The van der Waals surface area contributed by atoms with Crippen molar-refractivity contribution in [1.29, 1.82) is 0 Å². The molecular weight excluding hydrogens is 268 g/mol. The van der Waals surface area contributed by atoms with Gasteiger partial charge in [-0.2, -0.15) is 0 Å². The normalized spacial score (nSPS) is 21.0. The summed E-state index contributed by atoms with van der Waals surface area (Å²) < 4.78 is 0. The molecule has 2 nitrogen and oxygen atoms in total. The molecular formula is C20H30N2. The fraction of sp³-hybridized carbons (Fsp3) is 0.500. The van der Waals surface area contributed by atoms with Crippen LogP contribution >= 0.6 is 0 Å². The maximum Gasteiger partial charge on any atom is 0.0637 e. The van der Waals surface area contributed by atoms with Gasteiger partial charge < -0.3 is 11.5 Å². The van der Waals surface area contributed by atoms with Gasteiger partial charge in [-0.05, 0) is 66.0 Å². The lowest BCUT2D eigenvalue weighted by atomic mass is 9.76. The lowest BCUT2D eigenvalue weighted by molar-refractivity contribution is 0.553. The molecule has 4 N–H and O–H groups in total. The summed E-state index contributed by atoms with van der Waals surface area (Å²) in [5, 5.41) is 0. The average molecular weight is 298 g/mol. The van der Waals surface area contributed by atoms with Crippen molar-refractivity contribution in [3.8, 4) is 0 Å². The van der Waals surface area contributed by atoms with E-state index in [0.29, 0.717) is 0 Å². The molecule has 1 aromatic rings. The highest BCUT2D eigenvalue weighted by molar-refractivity contribution is 5.52. The molecule has 1 aliphatic rings. The molecule has 0 spiro atoms. The van der Waals surface area contributed by atoms with E-state index in [1.807, 2.05) is 12.2 Å². The third-order valence-corrected chi connectivity index (χ3v) is 4.95. The van der Waals surface area contributed by atoms with E-state index < -0.39 is 5.54 Å². The molecule has 2 rings (SSSR count). The molecule has 0 aromatic heterocycles. The summed E-state index contributed by atoms with van der Waals surface area (Å²) in [7, 11) is 0. The number of nitrogens with two attached hydrogens (primary N) is 2. The van der Waals surface area contributed by atoms with Crippen LogP contribution in [0.3, 0.4) is 0 Å². The molecule has 2 heteroatoms. The fourth-order valence-corrected chi connectivity index (χ4v) is 3.76. The predicted molar refractivity (Wildman–Crippen MR) is 95.8 cm³/mol. The van der Waals surface area contributed by atoms with Gasteiger partial charge in [-0.1, -0.05) is 45.9 Å². The molecule has 120 valence electrons. The van der Waals surface area contributed by atoms with Crippen LogP contribution in [0, 0.1) is 0 Å². The minimum absolute atomic E-state index is 0.422. The molecule has 0 saturated heterocycles. The third-order valence-electron chi connectivity index (χ3n) is 4.95. The second kappa shape index (κ2) is 6.70. The molecule has 0 amide bonds. The Labute approximate surface area is 135 Å². The first kappa shape index (κ1) is 16.8. The molecule has 0 bridgehead atoms. The molecule has 1 atom stereocenters. The van der Waals surface area contributed by atoms with Gasteiger partial charge in [-0.25, -0.2) is 0 Å². The average Bonchev–Trinajstić information content (AvgIpc) is 2.55. The Morgan fingerprint density at radius 2 is 1.59 bits per heavy atom. The summed E-state index contributed by atoms with van der Waals surface area (Å²) in [6.07, 6.45) is 11.1. The highest BCUT2D eigenvalue weighted by Gasteiger charge is 2.29. The van der Waals surface area contributed by atoms with Crippen molar-refractivity contribution in [2.45, 2.75) is 65.3 Å². The van der Waals surface area contributed by atoms with E-state index in [2.05, 4.69) is 39.8 Å². The quantitative estimate of drug-likeness (QED) is 0.866. The van der Waals surface area contributed by atoms with Crippen LogP contribution in [0.4, 0.5) is 0 Å². The molecule has 22 heavy (non-hydrogen) atoms. The van der Waals surface area contributed by atoms with Crippen LogP contribution in [-0.4, -0.2) is 0 Å². The van der Waals surface area contributed by atoms with Gasteiger partial charge in [0.2, 0.25) is 0 Å². The minimum atomic E-state index is -0.422. The molecule has 0 heterocycles. The monoisotopic (exact) mass is 298 g/mol. The summed E-state index contributed by atoms with van der Waals surface area (Å²) in [6, 6.07) is 2.36. The summed E-state index contributed by atoms with van der Waals surface area (Å²) in [6.45, 7) is 8.99. The van der Waals surface area contributed by atoms with E-state index in [9.17, 15) is 0 Å². The van der Waals surface area contributed by atoms with E-state index in [4.69, 9.17) is 11.5 Å². The van der Waals surface area contributed by atoms with E-state index in [1.165, 1.54) is 27.8 Å². The Kier molecular flexibility index (Phi) is 5.12. The number of allylic oxidation sites excluding steroid dienone is 1. The molecule has 1 aliphatic carbocycles. The molecule has 0 aliphatic heterocycles. The first-order valence-electron chi connectivity index (χ1n) is 8.61. The first-order chi connectivity index (χ1) is 10.5. The van der Waals surface area contributed by atoms with Crippen molar-refractivity contribution >= 4 is 0 Å². The van der Waals surface area contributed by atoms with Crippen molar-refractivity contribution in [3.05, 3.63) is 57.8 Å². The summed E-state index contributed by atoms with van der Waals surface area (Å²) in [5.41, 5.74) is 20.3. The van der Waals surface area contributed by atoms with Gasteiger partial charge in [-0.3, -0.25) is 0 Å². The van der Waals surface area contributed by atoms with Crippen LogP contribution in [0.25, 0.3) is 0 Å². The zero-order valence-electron chi connectivity index (χ0n) is 14.5. The highest BCUT2D eigenvalue weighted by Crippen LogP contribution is 2.36. The Bertz CT molecular complexity index is 611. The van der Waals surface area contributed by atoms with Crippen molar-refractivity contribution in [2.24, 2.45) is 11.5 Å². The van der Waals surface area contributed by atoms with Crippen LogP contribution in [0.2, 0.25) is 0 Å². The number of hydrogen-bond donors (Lipinski definition) is 2. The standard InChI is InChI=1S/C20H30N2/c1-5-14-13-19(20(22)11-9-15(21)10-12-20)18(8-4)17(7-3)16(14)6-2/h9-11,13H,5-8,12,21-22H2,1-4H3. The summed E-state index contributed by atoms with van der Waals surface area (Å²) >= 11 is 0. The fourth-order valence-electron chi connectivity index (χ4n) is 3.76. The van der Waals surface area contributed by atoms with Crippen molar-refractivity contribution in [3.63, 3.8) is 0 Å². The van der Waals surface area contributed by atoms with Crippen LogP contribution in [0.5, 0.6) is 0 Å². The molecule has 1 aromatic carbocycles. The Balaban J connectivity index is 2.68. The van der Waals surface area contributed by atoms with E-state index >= 15 is 0 Å². The lowest BCUT2D eigenvalue weighted by Gasteiger charge is -2.33. The van der Waals surface area contributed by atoms with Gasteiger partial charge in [0.05, 0.1) is 5.54 Å². The smallest absolute Gasteiger partial charge is 0.0637 e. The number of rotatable bonds is 5. The Morgan fingerprint density at radius 3 is 2.05 bits per heavy atom. The van der Waals surface area contributed by atoms with Gasteiger partial charge in [0.25, 0.3) is 0 Å². The second-order valence-corrected chi connectivity index (χ2v) is 6.22. The molecule has 0 saturated carbocycles. The van der Waals surface area contributed by atoms with E-state index in [-0.39, 0.29) is 0 Å². The summed E-state index contributed by atoms with van der Waals surface area (Å²) in [5.74, 6) is 0. The van der Waals surface area contributed by atoms with E-state index in [0.717, 1.165) is 37.8 Å². The largest absolute Gasteiger partial charge is 0.399 e. The molecule has 1 unspecified atom stereocenters. The lowest BCUT2D eigenvalue weighted by Crippen LogP contribution is -2.37. The SMILES string of the molecule is CCc1cc(C2(N)C=CC(N)=CC2)c(CC)c(CC)c1CC. The van der Waals surface area contributed by atoms with Gasteiger partial charge in [0.1, 0.15) is 0 Å². The number of benzene rings is 1. The first-order valence-corrected chi connectivity index (χ1v) is 8.61. The van der Waals surface area contributed by atoms with Gasteiger partial charge >= 0.3 is 0 Å². The second-order valence-electron chi connectivity index (χ2n) is 6.22. The number of hydrogen-bond acceptors (Lipinski definition) is 2. The van der Waals surface area contributed by atoms with Gasteiger partial charge in [0.15, 0.2) is 0 Å². The van der Waals surface area contributed by atoms with Crippen molar-refractivity contribution in [1.82, 2.24) is 0 Å². The van der Waals surface area contributed by atoms with Gasteiger partial charge in [-0.15, -0.1) is 0 Å². The van der Waals surface area contributed by atoms with Crippen molar-refractivity contribution in [2.75, 3.05) is 0 Å². The van der Waals surface area contributed by atoms with Gasteiger partial charge in [0, 0.05) is 5.70 Å². The zero-order chi connectivity index (χ0) is 16.3. The maximum absolute atomic E-state index is 6.77. The molecule has 0 fully saturated rings. The van der Waals surface area contributed by atoms with Crippen LogP contribution in [0.1, 0.15) is 61.9 Å². The Hall–Kier alpha value is -1.54. The number of aryl methyl sites for hydroxylation is 1. The van der Waals surface area contributed by atoms with Crippen LogP contribution in [-0.2, 0) is 31.2 Å². The van der Waals surface area contributed by atoms with Crippen LogP contribution < -0.4 is 11.5 Å². The Morgan fingerprint density at radius 1 is 0.955 bits per heavy atom.